The van der Waals surface area contributed by atoms with Gasteiger partial charge in [-0.3, -0.25) is 19.7 Å². The van der Waals surface area contributed by atoms with E-state index in [2.05, 4.69) is 26.3 Å². The molecular formula is C16H21ClN4O. The van der Waals surface area contributed by atoms with E-state index >= 15 is 0 Å². The Hall–Kier alpha value is -1.72. The van der Waals surface area contributed by atoms with Gasteiger partial charge in [-0.25, -0.2) is 0 Å². The second-order valence-electron chi connectivity index (χ2n) is 5.10. The monoisotopic (exact) mass is 320 g/mol. The number of nitrogens with zero attached hydrogens (tertiary/aromatic N) is 3. The molecule has 1 aliphatic rings. The van der Waals surface area contributed by atoms with E-state index in [1.54, 1.807) is 6.20 Å². The third kappa shape index (κ3) is 5.95. The van der Waals surface area contributed by atoms with Crippen molar-refractivity contribution < 1.29 is 4.79 Å². The Morgan fingerprint density at radius 3 is 2.91 bits per heavy atom. The number of alkyl halides is 1. The molecule has 2 heterocycles. The van der Waals surface area contributed by atoms with Crippen LogP contribution in [0.2, 0.25) is 0 Å². The van der Waals surface area contributed by atoms with Crippen molar-refractivity contribution in [1.29, 1.82) is 0 Å². The Balaban J connectivity index is 1.92. The quantitative estimate of drug-likeness (QED) is 0.745. The lowest BCUT2D eigenvalue weighted by atomic mass is 10.2. The first-order chi connectivity index (χ1) is 10.8. The Labute approximate surface area is 136 Å². The van der Waals surface area contributed by atoms with Crippen molar-refractivity contribution in [1.82, 2.24) is 15.2 Å². The van der Waals surface area contributed by atoms with Crippen LogP contribution in [0.1, 0.15) is 18.5 Å². The van der Waals surface area contributed by atoms with E-state index in [-0.39, 0.29) is 11.8 Å². The van der Waals surface area contributed by atoms with Crippen LogP contribution in [-0.4, -0.2) is 47.5 Å². The minimum Gasteiger partial charge on any atom is -0.354 e. The summed E-state index contributed by atoms with van der Waals surface area (Å²) in [5, 5.41) is 2.79. The fraction of sp³-hybridized carbons (Fsp3) is 0.438. The number of allylic oxidation sites excluding steroid dienone is 1. The fourth-order valence-electron chi connectivity index (χ4n) is 2.23. The van der Waals surface area contributed by atoms with Gasteiger partial charge in [-0.1, -0.05) is 12.1 Å². The lowest BCUT2D eigenvalue weighted by Gasteiger charge is -2.23. The van der Waals surface area contributed by atoms with Crippen LogP contribution >= 0.6 is 11.6 Å². The van der Waals surface area contributed by atoms with E-state index in [1.807, 2.05) is 24.4 Å². The molecule has 1 amide bonds. The number of carbonyl (C=O) groups is 1. The van der Waals surface area contributed by atoms with E-state index in [4.69, 9.17) is 11.6 Å². The van der Waals surface area contributed by atoms with Crippen LogP contribution in [0.3, 0.4) is 0 Å². The summed E-state index contributed by atoms with van der Waals surface area (Å²) >= 11 is 5.49. The summed E-state index contributed by atoms with van der Waals surface area (Å²) in [5.41, 5.74) is 2.08. The third-order valence-corrected chi connectivity index (χ3v) is 3.54. The molecule has 22 heavy (non-hydrogen) atoms. The summed E-state index contributed by atoms with van der Waals surface area (Å²) in [6.07, 6.45) is 7.97. The van der Waals surface area contributed by atoms with Crippen LogP contribution in [0.4, 0.5) is 0 Å². The van der Waals surface area contributed by atoms with E-state index < -0.39 is 0 Å². The van der Waals surface area contributed by atoms with Gasteiger partial charge in [0.15, 0.2) is 0 Å². The fourth-order valence-corrected chi connectivity index (χ4v) is 2.32. The van der Waals surface area contributed by atoms with Crippen LogP contribution in [0, 0.1) is 0 Å². The highest BCUT2D eigenvalue weighted by molar-refractivity contribution is 6.27. The molecule has 118 valence electrons. The number of amides is 1. The summed E-state index contributed by atoms with van der Waals surface area (Å²) in [7, 11) is 0. The van der Waals surface area contributed by atoms with Gasteiger partial charge in [-0.2, -0.15) is 0 Å². The summed E-state index contributed by atoms with van der Waals surface area (Å²) in [5.74, 6) is -0.148. The number of hydrogen-bond donors (Lipinski definition) is 1. The van der Waals surface area contributed by atoms with Crippen LogP contribution in [-0.2, 0) is 11.3 Å². The van der Waals surface area contributed by atoms with Crippen molar-refractivity contribution in [2.24, 2.45) is 4.99 Å². The summed E-state index contributed by atoms with van der Waals surface area (Å²) in [4.78, 5) is 22.3. The minimum absolute atomic E-state index is 0.00428. The topological polar surface area (TPSA) is 57.6 Å². The highest BCUT2D eigenvalue weighted by Gasteiger charge is 2.10. The molecule has 1 aliphatic heterocycles. The van der Waals surface area contributed by atoms with Crippen LogP contribution in [0.5, 0.6) is 0 Å². The first kappa shape index (κ1) is 16.6. The van der Waals surface area contributed by atoms with E-state index in [9.17, 15) is 4.79 Å². The predicted molar refractivity (Wildman–Crippen MR) is 89.1 cm³/mol. The summed E-state index contributed by atoms with van der Waals surface area (Å²) in [6, 6.07) is 5.89. The summed E-state index contributed by atoms with van der Waals surface area (Å²) < 4.78 is 0. The van der Waals surface area contributed by atoms with Crippen molar-refractivity contribution in [2.75, 3.05) is 25.5 Å². The maximum atomic E-state index is 11.2. The van der Waals surface area contributed by atoms with Gasteiger partial charge in [-0.05, 0) is 25.0 Å². The lowest BCUT2D eigenvalue weighted by Crippen LogP contribution is -2.36. The van der Waals surface area contributed by atoms with Crippen molar-refractivity contribution in [2.45, 2.75) is 19.4 Å². The average molecular weight is 321 g/mol. The summed E-state index contributed by atoms with van der Waals surface area (Å²) in [6.45, 7) is 2.77. The first-order valence-corrected chi connectivity index (χ1v) is 7.98. The molecular weight excluding hydrogens is 300 g/mol. The average Bonchev–Trinajstić information content (AvgIpc) is 2.56. The smallest absolute Gasteiger partial charge is 0.234 e. The van der Waals surface area contributed by atoms with Gasteiger partial charge in [0.2, 0.25) is 5.91 Å². The Morgan fingerprint density at radius 2 is 2.23 bits per heavy atom. The molecule has 6 heteroatoms. The predicted octanol–water partition coefficient (Wildman–Crippen LogP) is 1.99. The van der Waals surface area contributed by atoms with Gasteiger partial charge in [0.25, 0.3) is 0 Å². The van der Waals surface area contributed by atoms with Crippen molar-refractivity contribution in [3.05, 3.63) is 41.9 Å². The number of carbonyl (C=O) groups excluding carboxylic acids is 1. The molecule has 0 spiro atoms. The maximum absolute atomic E-state index is 11.2. The number of nitrogens with one attached hydrogen (secondary N) is 1. The van der Waals surface area contributed by atoms with Crippen LogP contribution in [0.15, 0.2) is 41.2 Å². The standard InChI is InChI=1S/C16H21ClN4O/c17-11-16(22)20-9-10-21(12-14-5-1-3-7-18-14)13-15-6-2-4-8-19-15/h1,3,5-8H,2,4,9-13H2,(H,20,22). The van der Waals surface area contributed by atoms with Crippen LogP contribution in [0.25, 0.3) is 0 Å². The zero-order chi connectivity index (χ0) is 15.6. The molecule has 0 radical (unpaired) electrons. The molecule has 5 nitrogen and oxygen atoms in total. The number of rotatable bonds is 8. The molecule has 0 saturated carbocycles. The second kappa shape index (κ2) is 9.33. The highest BCUT2D eigenvalue weighted by Crippen LogP contribution is 2.10. The normalized spacial score (nSPS) is 14.0. The first-order valence-electron chi connectivity index (χ1n) is 7.44. The number of aliphatic imine (C=N–C) groups is 1. The third-order valence-electron chi connectivity index (χ3n) is 3.30. The van der Waals surface area contributed by atoms with Gasteiger partial charge >= 0.3 is 0 Å². The van der Waals surface area contributed by atoms with E-state index in [0.29, 0.717) is 6.54 Å². The molecule has 2 rings (SSSR count). The Kier molecular flexibility index (Phi) is 7.06. The zero-order valence-corrected chi connectivity index (χ0v) is 13.3. The van der Waals surface area contributed by atoms with Gasteiger partial charge in [0.05, 0.1) is 11.4 Å². The molecule has 0 saturated heterocycles. The molecule has 1 N–H and O–H groups in total. The molecule has 1 aromatic heterocycles. The zero-order valence-electron chi connectivity index (χ0n) is 12.5. The molecule has 0 atom stereocenters. The van der Waals surface area contributed by atoms with Crippen molar-refractivity contribution >= 4 is 23.7 Å². The number of aromatic nitrogens is 1. The number of hydrogen-bond acceptors (Lipinski definition) is 4. The van der Waals surface area contributed by atoms with Crippen molar-refractivity contribution in [3.63, 3.8) is 0 Å². The second-order valence-corrected chi connectivity index (χ2v) is 5.37. The molecule has 0 unspecified atom stereocenters. The lowest BCUT2D eigenvalue weighted by molar-refractivity contribution is -0.118. The van der Waals surface area contributed by atoms with Gasteiger partial charge < -0.3 is 5.32 Å². The Morgan fingerprint density at radius 1 is 1.32 bits per heavy atom. The largest absolute Gasteiger partial charge is 0.354 e. The van der Waals surface area contributed by atoms with Gasteiger partial charge in [0, 0.05) is 38.6 Å². The van der Waals surface area contributed by atoms with Gasteiger partial charge in [0.1, 0.15) is 5.88 Å². The number of pyridine rings is 1. The SMILES string of the molecule is O=C(CCl)NCCN(CC1=CCCC=N1)Cc1ccccn1. The van der Waals surface area contributed by atoms with Crippen molar-refractivity contribution in [3.8, 4) is 0 Å². The van der Waals surface area contributed by atoms with Gasteiger partial charge in [-0.15, -0.1) is 11.6 Å². The molecule has 0 bridgehead atoms. The molecule has 0 aromatic carbocycles. The molecule has 1 aromatic rings. The van der Waals surface area contributed by atoms with E-state index in [1.165, 1.54) is 0 Å². The number of halogens is 1. The molecule has 0 fully saturated rings. The van der Waals surface area contributed by atoms with Crippen LogP contribution < -0.4 is 5.32 Å². The molecule has 0 aliphatic carbocycles. The Bertz CT molecular complexity index is 530. The van der Waals surface area contributed by atoms with E-state index in [0.717, 1.165) is 43.9 Å². The highest BCUT2D eigenvalue weighted by atomic mass is 35.5. The minimum atomic E-state index is -0.144. The maximum Gasteiger partial charge on any atom is 0.234 e.